The Bertz CT molecular complexity index is 635. The first-order valence-electron chi connectivity index (χ1n) is 6.31. The molecule has 1 atom stereocenters. The third kappa shape index (κ3) is 3.52. The second kappa shape index (κ2) is 6.69. The van der Waals surface area contributed by atoms with Gasteiger partial charge in [-0.2, -0.15) is 4.31 Å². The number of hydrogen-bond donors (Lipinski definition) is 1. The van der Waals surface area contributed by atoms with Crippen LogP contribution in [0.25, 0.3) is 0 Å². The fourth-order valence-electron chi connectivity index (χ4n) is 2.33. The summed E-state index contributed by atoms with van der Waals surface area (Å²) in [4.78, 5) is 10.4. The van der Waals surface area contributed by atoms with Gasteiger partial charge in [-0.15, -0.1) is 12.4 Å². The maximum atomic E-state index is 12.6. The van der Waals surface area contributed by atoms with Crippen molar-refractivity contribution in [1.82, 2.24) is 9.62 Å². The molecule has 1 aromatic carbocycles. The van der Waals surface area contributed by atoms with Gasteiger partial charge in [0.05, 0.1) is 9.82 Å². The van der Waals surface area contributed by atoms with Crippen LogP contribution < -0.4 is 5.32 Å². The van der Waals surface area contributed by atoms with Crippen molar-refractivity contribution in [2.45, 2.75) is 24.8 Å². The number of nitrogens with zero attached hydrogens (tertiary/aromatic N) is 2. The quantitative estimate of drug-likeness (QED) is 0.664. The van der Waals surface area contributed by atoms with Crippen molar-refractivity contribution in [3.8, 4) is 0 Å². The third-order valence-electron chi connectivity index (χ3n) is 3.40. The molecule has 0 saturated carbocycles. The zero-order valence-corrected chi connectivity index (χ0v) is 13.4. The lowest BCUT2D eigenvalue weighted by atomic mass is 10.2. The zero-order valence-electron chi connectivity index (χ0n) is 11.8. The molecule has 118 valence electrons. The highest BCUT2D eigenvalue weighted by atomic mass is 35.5. The average Bonchev–Trinajstić information content (AvgIpc) is 2.38. The van der Waals surface area contributed by atoms with Crippen LogP contribution in [0, 0.1) is 17.0 Å². The third-order valence-corrected chi connectivity index (χ3v) is 5.41. The number of benzene rings is 1. The highest BCUT2D eigenvalue weighted by molar-refractivity contribution is 7.89. The molecular formula is C12H18ClN3O4S. The SMILES string of the molecule is Cc1c([N+](=O)[O-])cccc1S(=O)(=O)N1CCN[C@@H](C)C1.Cl. The van der Waals surface area contributed by atoms with Gasteiger partial charge < -0.3 is 5.32 Å². The van der Waals surface area contributed by atoms with Gasteiger partial charge in [0.2, 0.25) is 10.0 Å². The van der Waals surface area contributed by atoms with E-state index in [0.29, 0.717) is 19.6 Å². The van der Waals surface area contributed by atoms with Crippen LogP contribution in [0.1, 0.15) is 12.5 Å². The Morgan fingerprint density at radius 3 is 2.67 bits per heavy atom. The summed E-state index contributed by atoms with van der Waals surface area (Å²) in [5.41, 5.74) is 0.0120. The highest BCUT2D eigenvalue weighted by Gasteiger charge is 2.31. The van der Waals surface area contributed by atoms with Crippen molar-refractivity contribution in [2.75, 3.05) is 19.6 Å². The molecule has 1 N–H and O–H groups in total. The average molecular weight is 336 g/mol. The first kappa shape index (κ1) is 17.8. The Kier molecular flexibility index (Phi) is 5.68. The van der Waals surface area contributed by atoms with Gasteiger partial charge in [0, 0.05) is 37.3 Å². The van der Waals surface area contributed by atoms with E-state index in [0.717, 1.165) is 0 Å². The Labute approximate surface area is 129 Å². The molecule has 1 aliphatic heterocycles. The number of nitro groups is 1. The van der Waals surface area contributed by atoms with E-state index in [1.807, 2.05) is 6.92 Å². The van der Waals surface area contributed by atoms with Crippen molar-refractivity contribution in [3.05, 3.63) is 33.9 Å². The van der Waals surface area contributed by atoms with E-state index < -0.39 is 14.9 Å². The standard InChI is InChI=1S/C12H17N3O4S.ClH/c1-9-8-14(7-6-13-9)20(18,19)12-5-3-4-11(10(12)2)15(16)17;/h3-5,9,13H,6-8H2,1-2H3;1H/t9-;/m0./s1. The predicted molar refractivity (Wildman–Crippen MR) is 81.3 cm³/mol. The molecule has 1 saturated heterocycles. The largest absolute Gasteiger partial charge is 0.312 e. The van der Waals surface area contributed by atoms with Crippen molar-refractivity contribution >= 4 is 28.1 Å². The second-order valence-electron chi connectivity index (χ2n) is 4.88. The molecule has 0 aromatic heterocycles. The summed E-state index contributed by atoms with van der Waals surface area (Å²) in [7, 11) is -3.69. The van der Waals surface area contributed by atoms with Gasteiger partial charge in [-0.25, -0.2) is 8.42 Å². The maximum absolute atomic E-state index is 12.6. The van der Waals surface area contributed by atoms with Crippen LogP contribution in [0.5, 0.6) is 0 Å². The minimum Gasteiger partial charge on any atom is -0.312 e. The lowest BCUT2D eigenvalue weighted by Gasteiger charge is -2.31. The Morgan fingerprint density at radius 1 is 1.43 bits per heavy atom. The molecule has 9 heteroatoms. The summed E-state index contributed by atoms with van der Waals surface area (Å²) in [6.07, 6.45) is 0. The number of nitrogens with one attached hydrogen (secondary N) is 1. The highest BCUT2D eigenvalue weighted by Crippen LogP contribution is 2.27. The Morgan fingerprint density at radius 2 is 2.10 bits per heavy atom. The summed E-state index contributed by atoms with van der Waals surface area (Å²) >= 11 is 0. The van der Waals surface area contributed by atoms with Crippen molar-refractivity contribution in [3.63, 3.8) is 0 Å². The van der Waals surface area contributed by atoms with E-state index in [4.69, 9.17) is 0 Å². The predicted octanol–water partition coefficient (Wildman–Crippen LogP) is 1.31. The molecule has 7 nitrogen and oxygen atoms in total. The molecule has 0 bridgehead atoms. The van der Waals surface area contributed by atoms with Gasteiger partial charge in [-0.3, -0.25) is 10.1 Å². The van der Waals surface area contributed by atoms with E-state index in [1.165, 1.54) is 29.4 Å². The minimum atomic E-state index is -3.69. The lowest BCUT2D eigenvalue weighted by Crippen LogP contribution is -2.51. The van der Waals surface area contributed by atoms with Crippen LogP contribution >= 0.6 is 12.4 Å². The molecule has 1 fully saturated rings. The van der Waals surface area contributed by atoms with Crippen molar-refractivity contribution in [1.29, 1.82) is 0 Å². The van der Waals surface area contributed by atoms with E-state index >= 15 is 0 Å². The molecule has 2 rings (SSSR count). The van der Waals surface area contributed by atoms with Gasteiger partial charge in [0.25, 0.3) is 5.69 Å². The van der Waals surface area contributed by atoms with E-state index in [-0.39, 0.29) is 34.6 Å². The van der Waals surface area contributed by atoms with Crippen LogP contribution in [0.3, 0.4) is 0 Å². The van der Waals surface area contributed by atoms with Crippen LogP contribution in [0.4, 0.5) is 5.69 Å². The number of halogens is 1. The number of sulfonamides is 1. The van der Waals surface area contributed by atoms with Gasteiger partial charge in [0.1, 0.15) is 0 Å². The number of piperazine rings is 1. The summed E-state index contributed by atoms with van der Waals surface area (Å²) < 4.78 is 26.6. The fraction of sp³-hybridized carbons (Fsp3) is 0.500. The molecule has 0 unspecified atom stereocenters. The molecule has 0 spiro atoms. The monoisotopic (exact) mass is 335 g/mol. The van der Waals surface area contributed by atoms with Gasteiger partial charge >= 0.3 is 0 Å². The van der Waals surface area contributed by atoms with E-state index in [2.05, 4.69) is 5.32 Å². The van der Waals surface area contributed by atoms with Crippen LogP contribution in [0.15, 0.2) is 23.1 Å². The summed E-state index contributed by atoms with van der Waals surface area (Å²) in [6, 6.07) is 4.21. The molecule has 0 amide bonds. The van der Waals surface area contributed by atoms with Crippen molar-refractivity contribution < 1.29 is 13.3 Å². The van der Waals surface area contributed by atoms with Crippen LogP contribution in [-0.2, 0) is 10.0 Å². The molecule has 1 aromatic rings. The molecular weight excluding hydrogens is 318 g/mol. The minimum absolute atomic E-state index is 0. The molecule has 1 heterocycles. The summed E-state index contributed by atoms with van der Waals surface area (Å²) in [6.45, 7) is 4.69. The zero-order chi connectivity index (χ0) is 14.9. The molecule has 0 radical (unpaired) electrons. The Balaban J connectivity index is 0.00000220. The summed E-state index contributed by atoms with van der Waals surface area (Å²) in [5, 5.41) is 14.1. The maximum Gasteiger partial charge on any atom is 0.273 e. The first-order valence-corrected chi connectivity index (χ1v) is 7.75. The van der Waals surface area contributed by atoms with Gasteiger partial charge in [-0.1, -0.05) is 6.07 Å². The smallest absolute Gasteiger partial charge is 0.273 e. The topological polar surface area (TPSA) is 92.5 Å². The lowest BCUT2D eigenvalue weighted by molar-refractivity contribution is -0.385. The van der Waals surface area contributed by atoms with Gasteiger partial charge in [-0.05, 0) is 19.9 Å². The second-order valence-corrected chi connectivity index (χ2v) is 6.78. The molecule has 21 heavy (non-hydrogen) atoms. The summed E-state index contributed by atoms with van der Waals surface area (Å²) in [5.74, 6) is 0. The molecule has 0 aliphatic carbocycles. The number of rotatable bonds is 3. The molecule has 1 aliphatic rings. The first-order chi connectivity index (χ1) is 9.34. The van der Waals surface area contributed by atoms with Crippen molar-refractivity contribution in [2.24, 2.45) is 0 Å². The van der Waals surface area contributed by atoms with Crippen LogP contribution in [-0.4, -0.2) is 43.3 Å². The van der Waals surface area contributed by atoms with Gasteiger partial charge in [0.15, 0.2) is 0 Å². The van der Waals surface area contributed by atoms with Crippen LogP contribution in [0.2, 0.25) is 0 Å². The number of nitro benzene ring substituents is 1. The fourth-order valence-corrected chi connectivity index (χ4v) is 4.11. The number of hydrogen-bond acceptors (Lipinski definition) is 5. The Hall–Kier alpha value is -1.22. The normalized spacial score (nSPS) is 19.8. The van der Waals surface area contributed by atoms with E-state index in [1.54, 1.807) is 0 Å². The van der Waals surface area contributed by atoms with E-state index in [9.17, 15) is 18.5 Å².